The van der Waals surface area contributed by atoms with E-state index in [9.17, 15) is 17.6 Å². The van der Waals surface area contributed by atoms with E-state index in [1.807, 2.05) is 0 Å². The minimum Gasteiger partial charge on any atom is -0.493 e. The zero-order valence-corrected chi connectivity index (χ0v) is 17.9. The summed E-state index contributed by atoms with van der Waals surface area (Å²) in [7, 11) is 1.08. The summed E-state index contributed by atoms with van der Waals surface area (Å²) >= 11 is 0. The average molecular weight is 437 g/mol. The number of amides is 1. The van der Waals surface area contributed by atoms with E-state index in [-0.39, 0.29) is 23.6 Å². The molecular formula is C21H24FNO6S. The second-order valence-corrected chi connectivity index (χ2v) is 9.22. The number of rotatable bonds is 7. The summed E-state index contributed by atoms with van der Waals surface area (Å²) in [4.78, 5) is 14.9. The van der Waals surface area contributed by atoms with Crippen molar-refractivity contribution in [1.82, 2.24) is 4.90 Å². The Labute approximate surface area is 175 Å². The van der Waals surface area contributed by atoms with E-state index in [0.29, 0.717) is 29.2 Å². The fourth-order valence-electron chi connectivity index (χ4n) is 3.57. The summed E-state index contributed by atoms with van der Waals surface area (Å²) in [5.74, 6) is -0.137. The summed E-state index contributed by atoms with van der Waals surface area (Å²) in [6, 6.07) is 8.57. The summed E-state index contributed by atoms with van der Waals surface area (Å²) in [5, 5.41) is 0. The number of hydrogen-bond acceptors (Lipinski definition) is 6. The Balaban J connectivity index is 2.03. The molecule has 1 aliphatic heterocycles. The third kappa shape index (κ3) is 4.51. The van der Waals surface area contributed by atoms with Crippen LogP contribution in [0.4, 0.5) is 4.39 Å². The fraction of sp³-hybridized carbons (Fsp3) is 0.381. The van der Waals surface area contributed by atoms with Gasteiger partial charge in [0.05, 0.1) is 32.8 Å². The van der Waals surface area contributed by atoms with E-state index in [4.69, 9.17) is 14.2 Å². The van der Waals surface area contributed by atoms with Crippen molar-refractivity contribution in [2.75, 3.05) is 32.8 Å². The molecule has 0 radical (unpaired) electrons. The summed E-state index contributed by atoms with van der Waals surface area (Å²) in [5.41, 5.74) is 0.535. The first-order valence-electron chi connectivity index (χ1n) is 9.34. The molecular weight excluding hydrogens is 413 g/mol. The van der Waals surface area contributed by atoms with Gasteiger partial charge in [0.15, 0.2) is 21.3 Å². The highest BCUT2D eigenvalue weighted by atomic mass is 32.2. The Hall–Kier alpha value is -2.81. The van der Waals surface area contributed by atoms with Crippen LogP contribution in [0, 0.1) is 5.82 Å². The Morgan fingerprint density at radius 3 is 2.23 bits per heavy atom. The van der Waals surface area contributed by atoms with Gasteiger partial charge in [-0.25, -0.2) is 12.8 Å². The standard InChI is InChI=1S/C21H24FNO6S/c1-27-18-10-15(11-19(28-2)20(18)29-3)21(24)23(16-8-9-30(25,26)13-16)12-14-6-4-5-7-17(14)22/h4-7,10-11,16H,8-9,12-13H2,1-3H3/t16-/m0/s1. The van der Waals surface area contributed by atoms with Gasteiger partial charge < -0.3 is 19.1 Å². The molecule has 2 aromatic rings. The zero-order valence-electron chi connectivity index (χ0n) is 17.1. The molecule has 1 atom stereocenters. The van der Waals surface area contributed by atoms with Crippen LogP contribution in [0.25, 0.3) is 0 Å². The highest BCUT2D eigenvalue weighted by Gasteiger charge is 2.36. The molecule has 1 aliphatic rings. The SMILES string of the molecule is COc1cc(C(=O)N(Cc2ccccc2F)[C@H]2CCS(=O)(=O)C2)cc(OC)c1OC. The van der Waals surface area contributed by atoms with E-state index >= 15 is 0 Å². The molecule has 1 amide bonds. The molecule has 0 unspecified atom stereocenters. The Bertz CT molecular complexity index is 1010. The van der Waals surface area contributed by atoms with E-state index in [1.54, 1.807) is 18.2 Å². The van der Waals surface area contributed by atoms with Gasteiger partial charge in [-0.1, -0.05) is 18.2 Å². The van der Waals surface area contributed by atoms with Gasteiger partial charge in [-0.05, 0) is 24.6 Å². The number of methoxy groups -OCH3 is 3. The lowest BCUT2D eigenvalue weighted by Gasteiger charge is -2.29. The smallest absolute Gasteiger partial charge is 0.254 e. The molecule has 1 fully saturated rings. The van der Waals surface area contributed by atoms with Crippen molar-refractivity contribution in [3.63, 3.8) is 0 Å². The Morgan fingerprint density at radius 1 is 1.10 bits per heavy atom. The van der Waals surface area contributed by atoms with E-state index in [0.717, 1.165) is 0 Å². The Kier molecular flexibility index (Phi) is 6.50. The van der Waals surface area contributed by atoms with Gasteiger partial charge in [0.25, 0.3) is 5.91 Å². The first kappa shape index (κ1) is 21.9. The minimum atomic E-state index is -3.25. The van der Waals surface area contributed by atoms with Crippen molar-refractivity contribution in [2.24, 2.45) is 0 Å². The average Bonchev–Trinajstić information content (AvgIpc) is 3.10. The number of ether oxygens (including phenoxy) is 3. The van der Waals surface area contributed by atoms with Crippen LogP contribution in [-0.2, 0) is 16.4 Å². The van der Waals surface area contributed by atoms with Crippen molar-refractivity contribution >= 4 is 15.7 Å². The molecule has 2 aromatic carbocycles. The van der Waals surface area contributed by atoms with Crippen molar-refractivity contribution in [2.45, 2.75) is 19.0 Å². The molecule has 1 saturated heterocycles. The van der Waals surface area contributed by atoms with Gasteiger partial charge in [-0.15, -0.1) is 0 Å². The second kappa shape index (κ2) is 8.91. The largest absolute Gasteiger partial charge is 0.493 e. The van der Waals surface area contributed by atoms with E-state index < -0.39 is 27.6 Å². The van der Waals surface area contributed by atoms with Crippen molar-refractivity contribution in [3.8, 4) is 17.2 Å². The maximum Gasteiger partial charge on any atom is 0.254 e. The lowest BCUT2D eigenvalue weighted by atomic mass is 10.1. The number of nitrogens with zero attached hydrogens (tertiary/aromatic N) is 1. The number of sulfone groups is 1. The second-order valence-electron chi connectivity index (χ2n) is 7.00. The van der Waals surface area contributed by atoms with Crippen LogP contribution in [0.5, 0.6) is 17.2 Å². The number of benzene rings is 2. The molecule has 9 heteroatoms. The molecule has 1 heterocycles. The van der Waals surface area contributed by atoms with Crippen LogP contribution >= 0.6 is 0 Å². The molecule has 0 spiro atoms. The molecule has 7 nitrogen and oxygen atoms in total. The van der Waals surface area contributed by atoms with Crippen molar-refractivity contribution in [3.05, 3.63) is 53.3 Å². The summed E-state index contributed by atoms with van der Waals surface area (Å²) < 4.78 is 54.3. The molecule has 30 heavy (non-hydrogen) atoms. The molecule has 0 N–H and O–H groups in total. The van der Waals surface area contributed by atoms with Gasteiger partial charge in [-0.3, -0.25) is 4.79 Å². The number of carbonyl (C=O) groups excluding carboxylic acids is 1. The molecule has 0 aliphatic carbocycles. The van der Waals surface area contributed by atoms with Crippen LogP contribution in [0.15, 0.2) is 36.4 Å². The van der Waals surface area contributed by atoms with Crippen LogP contribution < -0.4 is 14.2 Å². The van der Waals surface area contributed by atoms with E-state index in [1.165, 1.54) is 44.4 Å². The predicted molar refractivity (Wildman–Crippen MR) is 109 cm³/mol. The molecule has 0 aromatic heterocycles. The molecule has 0 bridgehead atoms. The van der Waals surface area contributed by atoms with Crippen molar-refractivity contribution in [1.29, 1.82) is 0 Å². The lowest BCUT2D eigenvalue weighted by molar-refractivity contribution is 0.0678. The lowest BCUT2D eigenvalue weighted by Crippen LogP contribution is -2.40. The monoisotopic (exact) mass is 437 g/mol. The third-order valence-electron chi connectivity index (χ3n) is 5.12. The van der Waals surface area contributed by atoms with Gasteiger partial charge in [0, 0.05) is 23.7 Å². The highest BCUT2D eigenvalue weighted by Crippen LogP contribution is 2.39. The quantitative estimate of drug-likeness (QED) is 0.663. The van der Waals surface area contributed by atoms with Gasteiger partial charge in [-0.2, -0.15) is 0 Å². The fourth-order valence-corrected chi connectivity index (χ4v) is 5.30. The van der Waals surface area contributed by atoms with E-state index in [2.05, 4.69) is 0 Å². The zero-order chi connectivity index (χ0) is 21.9. The van der Waals surface area contributed by atoms with Gasteiger partial charge >= 0.3 is 0 Å². The van der Waals surface area contributed by atoms with Gasteiger partial charge in [0.2, 0.25) is 5.75 Å². The topological polar surface area (TPSA) is 82.1 Å². The third-order valence-corrected chi connectivity index (χ3v) is 6.87. The minimum absolute atomic E-state index is 0.00598. The number of carbonyl (C=O) groups is 1. The normalized spacial score (nSPS) is 17.4. The van der Waals surface area contributed by atoms with Crippen LogP contribution in [-0.4, -0.2) is 58.1 Å². The molecule has 162 valence electrons. The van der Waals surface area contributed by atoms with Crippen LogP contribution in [0.1, 0.15) is 22.3 Å². The van der Waals surface area contributed by atoms with Gasteiger partial charge in [0.1, 0.15) is 5.82 Å². The highest BCUT2D eigenvalue weighted by molar-refractivity contribution is 7.91. The summed E-state index contributed by atoms with van der Waals surface area (Å²) in [6.45, 7) is -0.0532. The first-order chi connectivity index (χ1) is 14.3. The number of halogens is 1. The predicted octanol–water partition coefficient (Wildman–Crippen LogP) is 2.68. The maximum absolute atomic E-state index is 14.3. The number of hydrogen-bond donors (Lipinski definition) is 0. The van der Waals surface area contributed by atoms with Crippen molar-refractivity contribution < 1.29 is 31.8 Å². The molecule has 3 rings (SSSR count). The maximum atomic E-state index is 14.3. The van der Waals surface area contributed by atoms with Crippen LogP contribution in [0.2, 0.25) is 0 Å². The summed E-state index contributed by atoms with van der Waals surface area (Å²) in [6.07, 6.45) is 0.299. The molecule has 0 saturated carbocycles. The first-order valence-corrected chi connectivity index (χ1v) is 11.2. The van der Waals surface area contributed by atoms with Crippen LogP contribution in [0.3, 0.4) is 0 Å². The Morgan fingerprint density at radius 2 is 1.73 bits per heavy atom.